The fourth-order valence-corrected chi connectivity index (χ4v) is 1.41. The van der Waals surface area contributed by atoms with E-state index in [1.54, 1.807) is 0 Å². The quantitative estimate of drug-likeness (QED) is 0.613. The molecule has 3 nitrogen and oxygen atoms in total. The van der Waals surface area contributed by atoms with Crippen molar-refractivity contribution in [2.75, 3.05) is 0 Å². The fourth-order valence-electron chi connectivity index (χ4n) is 1.41. The third kappa shape index (κ3) is 2.24. The molecule has 0 aliphatic heterocycles. The number of rotatable bonds is 2. The molecule has 18 heavy (non-hydrogen) atoms. The Labute approximate surface area is 98.6 Å². The molecule has 2 rings (SSSR count). The lowest BCUT2D eigenvalue weighted by Gasteiger charge is -2.09. The van der Waals surface area contributed by atoms with E-state index < -0.39 is 17.6 Å². The zero-order valence-corrected chi connectivity index (χ0v) is 8.78. The zero-order valence-electron chi connectivity index (χ0n) is 8.78. The normalized spacial score (nSPS) is 11.6. The Morgan fingerprint density at radius 2 is 2.00 bits per heavy atom. The molecule has 0 saturated carbocycles. The van der Waals surface area contributed by atoms with Crippen molar-refractivity contribution in [2.45, 2.75) is 6.18 Å². The Morgan fingerprint density at radius 1 is 1.28 bits per heavy atom. The molecule has 0 radical (unpaired) electrons. The van der Waals surface area contributed by atoms with Gasteiger partial charge in [-0.1, -0.05) is 0 Å². The average Bonchev–Trinajstić information content (AvgIpc) is 2.76. The summed E-state index contributed by atoms with van der Waals surface area (Å²) in [7, 11) is 0. The molecule has 0 amide bonds. The first kappa shape index (κ1) is 12.3. The number of hydrogen-bond acceptors (Lipinski definition) is 2. The number of halogens is 4. The van der Waals surface area contributed by atoms with Crippen molar-refractivity contribution < 1.29 is 22.4 Å². The molecule has 0 atom stereocenters. The Bertz CT molecular complexity index is 589. The summed E-state index contributed by atoms with van der Waals surface area (Å²) in [6.45, 7) is 0. The molecule has 1 aromatic carbocycles. The number of aromatic nitrogens is 2. The Morgan fingerprint density at radius 3 is 2.56 bits per heavy atom. The predicted octanol–water partition coefficient (Wildman–Crippen LogP) is 2.84. The van der Waals surface area contributed by atoms with Crippen LogP contribution in [0.5, 0.6) is 0 Å². The summed E-state index contributed by atoms with van der Waals surface area (Å²) >= 11 is 0. The van der Waals surface area contributed by atoms with Crippen LogP contribution in [0.3, 0.4) is 0 Å². The van der Waals surface area contributed by atoms with Gasteiger partial charge in [0.15, 0.2) is 6.29 Å². The number of carbonyl (C=O) groups is 1. The van der Waals surface area contributed by atoms with Gasteiger partial charge in [-0.3, -0.25) is 4.79 Å². The molecule has 0 fully saturated rings. The van der Waals surface area contributed by atoms with Gasteiger partial charge in [0.2, 0.25) is 0 Å². The van der Waals surface area contributed by atoms with Gasteiger partial charge < -0.3 is 0 Å². The van der Waals surface area contributed by atoms with Crippen LogP contribution in [0.15, 0.2) is 30.6 Å². The summed E-state index contributed by atoms with van der Waals surface area (Å²) in [4.78, 5) is 10.4. The number of nitrogens with zero attached hydrogens (tertiary/aromatic N) is 2. The molecule has 1 heterocycles. The highest BCUT2D eigenvalue weighted by Crippen LogP contribution is 2.32. The molecular weight excluding hydrogens is 252 g/mol. The lowest BCUT2D eigenvalue weighted by molar-refractivity contribution is -0.140. The van der Waals surface area contributed by atoms with Crippen LogP contribution >= 0.6 is 0 Å². The topological polar surface area (TPSA) is 34.9 Å². The smallest absolute Gasteiger partial charge is 0.298 e. The molecular formula is C11H6F4N2O. The Balaban J connectivity index is 2.50. The highest BCUT2D eigenvalue weighted by atomic mass is 19.4. The minimum atomic E-state index is -4.78. The number of benzene rings is 1. The third-order valence-corrected chi connectivity index (χ3v) is 2.26. The van der Waals surface area contributed by atoms with Crippen LogP contribution in [0.1, 0.15) is 15.9 Å². The molecule has 0 N–H and O–H groups in total. The van der Waals surface area contributed by atoms with Crippen molar-refractivity contribution in [3.05, 3.63) is 47.5 Å². The van der Waals surface area contributed by atoms with E-state index in [0.29, 0.717) is 18.4 Å². The van der Waals surface area contributed by atoms with Crippen molar-refractivity contribution >= 4 is 6.29 Å². The number of aldehydes is 1. The zero-order chi connectivity index (χ0) is 13.3. The van der Waals surface area contributed by atoms with E-state index in [1.165, 1.54) is 12.4 Å². The van der Waals surface area contributed by atoms with E-state index in [2.05, 4.69) is 5.10 Å². The Hall–Kier alpha value is -2.18. The highest BCUT2D eigenvalue weighted by molar-refractivity contribution is 5.73. The van der Waals surface area contributed by atoms with Crippen LogP contribution in [0.25, 0.3) is 5.69 Å². The molecule has 2 aromatic rings. The van der Waals surface area contributed by atoms with E-state index in [0.717, 1.165) is 10.7 Å². The van der Waals surface area contributed by atoms with Gasteiger partial charge in [-0.05, 0) is 18.2 Å². The van der Waals surface area contributed by atoms with Gasteiger partial charge >= 0.3 is 6.18 Å². The van der Waals surface area contributed by atoms with Crippen molar-refractivity contribution in [1.29, 1.82) is 0 Å². The van der Waals surface area contributed by atoms with Gasteiger partial charge in [0.25, 0.3) is 0 Å². The van der Waals surface area contributed by atoms with Crippen LogP contribution in [0.4, 0.5) is 17.6 Å². The molecule has 1 aromatic heterocycles. The molecule has 0 aliphatic carbocycles. The van der Waals surface area contributed by atoms with E-state index in [9.17, 15) is 22.4 Å². The van der Waals surface area contributed by atoms with Crippen LogP contribution in [-0.2, 0) is 6.18 Å². The Kier molecular flexibility index (Phi) is 2.90. The van der Waals surface area contributed by atoms with E-state index in [-0.39, 0.29) is 11.3 Å². The maximum absolute atomic E-state index is 13.0. The summed E-state index contributed by atoms with van der Waals surface area (Å²) in [5.74, 6) is -1.35. The van der Waals surface area contributed by atoms with Crippen LogP contribution < -0.4 is 0 Å². The van der Waals surface area contributed by atoms with Crippen molar-refractivity contribution in [2.24, 2.45) is 0 Å². The van der Waals surface area contributed by atoms with E-state index in [1.807, 2.05) is 0 Å². The molecule has 0 spiro atoms. The standard InChI is InChI=1S/C11H6F4N2O/c12-10-2-1-8(3-9(10)11(13,14)15)17-5-7(6-18)4-16-17/h1-6H. The molecule has 0 unspecified atom stereocenters. The van der Waals surface area contributed by atoms with Crippen molar-refractivity contribution in [3.63, 3.8) is 0 Å². The van der Waals surface area contributed by atoms with Gasteiger partial charge in [0.1, 0.15) is 5.82 Å². The second-order valence-corrected chi connectivity index (χ2v) is 3.50. The first-order chi connectivity index (χ1) is 8.41. The first-order valence-electron chi connectivity index (χ1n) is 4.79. The first-order valence-corrected chi connectivity index (χ1v) is 4.79. The van der Waals surface area contributed by atoms with Gasteiger partial charge in [-0.25, -0.2) is 9.07 Å². The van der Waals surface area contributed by atoms with Gasteiger partial charge in [-0.15, -0.1) is 0 Å². The maximum atomic E-state index is 13.0. The molecule has 0 bridgehead atoms. The van der Waals surface area contributed by atoms with Gasteiger partial charge in [0, 0.05) is 6.20 Å². The molecule has 94 valence electrons. The van der Waals surface area contributed by atoms with E-state index >= 15 is 0 Å². The number of hydrogen-bond donors (Lipinski definition) is 0. The largest absolute Gasteiger partial charge is 0.419 e. The minimum absolute atomic E-state index is 0.0248. The van der Waals surface area contributed by atoms with Crippen LogP contribution in [0, 0.1) is 5.82 Å². The lowest BCUT2D eigenvalue weighted by atomic mass is 10.2. The highest BCUT2D eigenvalue weighted by Gasteiger charge is 2.34. The monoisotopic (exact) mass is 258 g/mol. The molecule has 0 saturated heterocycles. The van der Waals surface area contributed by atoms with Crippen LogP contribution in [0.2, 0.25) is 0 Å². The maximum Gasteiger partial charge on any atom is 0.419 e. The second kappa shape index (κ2) is 4.25. The summed E-state index contributed by atoms with van der Waals surface area (Å²) in [6, 6.07) is 2.49. The van der Waals surface area contributed by atoms with Crippen molar-refractivity contribution in [3.8, 4) is 5.69 Å². The summed E-state index contributed by atoms with van der Waals surface area (Å²) in [5.41, 5.74) is -1.13. The SMILES string of the molecule is O=Cc1cnn(-c2ccc(F)c(C(F)(F)F)c2)c1. The lowest BCUT2D eigenvalue weighted by Crippen LogP contribution is -2.09. The van der Waals surface area contributed by atoms with Crippen LogP contribution in [-0.4, -0.2) is 16.1 Å². The number of carbonyl (C=O) groups excluding carboxylic acids is 1. The molecule has 7 heteroatoms. The fraction of sp³-hybridized carbons (Fsp3) is 0.0909. The van der Waals surface area contributed by atoms with E-state index in [4.69, 9.17) is 0 Å². The van der Waals surface area contributed by atoms with Gasteiger partial charge in [-0.2, -0.15) is 18.3 Å². The second-order valence-electron chi connectivity index (χ2n) is 3.50. The minimum Gasteiger partial charge on any atom is -0.298 e. The predicted molar refractivity (Wildman–Crippen MR) is 53.9 cm³/mol. The average molecular weight is 258 g/mol. The third-order valence-electron chi connectivity index (χ3n) is 2.26. The van der Waals surface area contributed by atoms with Gasteiger partial charge in [0.05, 0.1) is 23.0 Å². The summed E-state index contributed by atoms with van der Waals surface area (Å²) in [6.07, 6.45) is -1.82. The molecule has 0 aliphatic rings. The summed E-state index contributed by atoms with van der Waals surface area (Å²) in [5, 5.41) is 3.71. The van der Waals surface area contributed by atoms with Crippen molar-refractivity contribution in [1.82, 2.24) is 9.78 Å². The summed E-state index contributed by atoms with van der Waals surface area (Å²) < 4.78 is 51.6. The number of alkyl halides is 3.